The van der Waals surface area contributed by atoms with E-state index in [2.05, 4.69) is 47.7 Å². The number of hydrogen-bond donors (Lipinski definition) is 2. The molecule has 1 aromatic carbocycles. The van der Waals surface area contributed by atoms with E-state index in [9.17, 15) is 8.42 Å². The van der Waals surface area contributed by atoms with Crippen LogP contribution in [0.15, 0.2) is 23.2 Å². The second-order valence-corrected chi connectivity index (χ2v) is 9.55. The highest BCUT2D eigenvalue weighted by molar-refractivity contribution is 7.92. The number of hydrogen-bond acceptors (Lipinski definition) is 3. The quantitative estimate of drug-likeness (QED) is 0.582. The first-order valence-corrected chi connectivity index (χ1v) is 10.2. The minimum atomic E-state index is -3.15. The summed E-state index contributed by atoms with van der Waals surface area (Å²) in [6, 6.07) is 6.53. The Bertz CT molecular complexity index is 659. The molecule has 0 fully saturated rings. The molecule has 1 aromatic rings. The largest absolute Gasteiger partial charge is 0.357 e. The van der Waals surface area contributed by atoms with Gasteiger partial charge in [-0.2, -0.15) is 0 Å². The number of benzene rings is 1. The van der Waals surface area contributed by atoms with Crippen molar-refractivity contribution in [3.05, 3.63) is 34.9 Å². The minimum Gasteiger partial charge on any atom is -0.357 e. The van der Waals surface area contributed by atoms with Crippen LogP contribution in [0.25, 0.3) is 0 Å². The van der Waals surface area contributed by atoms with Crippen molar-refractivity contribution in [2.75, 3.05) is 25.9 Å². The molecule has 0 aromatic heterocycles. The Morgan fingerprint density at radius 2 is 1.71 bits per heavy atom. The van der Waals surface area contributed by atoms with Crippen molar-refractivity contribution in [3.63, 3.8) is 0 Å². The number of guanidine groups is 1. The normalized spacial score (nSPS) is 13.0. The third kappa shape index (κ3) is 6.51. The summed E-state index contributed by atoms with van der Waals surface area (Å²) in [6.45, 7) is 11.3. The van der Waals surface area contributed by atoms with Gasteiger partial charge in [0.05, 0.1) is 11.3 Å². The molecule has 2 N–H and O–H groups in total. The second kappa shape index (κ2) is 8.51. The zero-order valence-corrected chi connectivity index (χ0v) is 16.5. The molecule has 0 saturated carbocycles. The first-order chi connectivity index (χ1) is 11.0. The summed E-state index contributed by atoms with van der Waals surface area (Å²) in [5, 5.41) is 6.44. The van der Waals surface area contributed by atoms with Gasteiger partial charge in [-0.1, -0.05) is 29.3 Å². The van der Waals surface area contributed by atoms with Crippen molar-refractivity contribution < 1.29 is 8.42 Å². The van der Waals surface area contributed by atoms with Gasteiger partial charge in [-0.05, 0) is 46.6 Å². The Morgan fingerprint density at radius 3 is 2.21 bits per heavy atom. The third-order valence-electron chi connectivity index (χ3n) is 3.95. The smallest absolute Gasteiger partial charge is 0.191 e. The fourth-order valence-corrected chi connectivity index (χ4v) is 2.57. The minimum absolute atomic E-state index is 0.227. The number of rotatable bonds is 7. The Labute approximate surface area is 146 Å². The molecule has 6 heteroatoms. The molecule has 0 heterocycles. The Hall–Kier alpha value is -1.56. The van der Waals surface area contributed by atoms with Crippen LogP contribution in [-0.4, -0.2) is 45.0 Å². The molecule has 0 aliphatic carbocycles. The average Bonchev–Trinajstić information content (AvgIpc) is 2.42. The van der Waals surface area contributed by atoms with Crippen LogP contribution in [0.1, 0.15) is 37.5 Å². The highest BCUT2D eigenvalue weighted by Gasteiger charge is 2.29. The number of nitrogens with zero attached hydrogens (tertiary/aromatic N) is 1. The number of sulfone groups is 1. The molecular weight excluding hydrogens is 322 g/mol. The lowest BCUT2D eigenvalue weighted by Crippen LogP contribution is -2.41. The summed E-state index contributed by atoms with van der Waals surface area (Å²) < 4.78 is 22.7. The SMILES string of the molecule is CCNC(=NCC(C)(C)S(C)(=O)=O)NCCc1cc(C)cc(C)c1. The summed E-state index contributed by atoms with van der Waals surface area (Å²) in [5.74, 6) is 0.651. The summed E-state index contributed by atoms with van der Waals surface area (Å²) in [6.07, 6.45) is 2.14. The van der Waals surface area contributed by atoms with Crippen LogP contribution in [0.5, 0.6) is 0 Å². The van der Waals surface area contributed by atoms with Gasteiger partial charge in [0.1, 0.15) is 0 Å². The average molecular weight is 354 g/mol. The van der Waals surface area contributed by atoms with Crippen molar-refractivity contribution in [2.45, 2.75) is 45.8 Å². The van der Waals surface area contributed by atoms with Gasteiger partial charge >= 0.3 is 0 Å². The topological polar surface area (TPSA) is 70.6 Å². The molecule has 24 heavy (non-hydrogen) atoms. The van der Waals surface area contributed by atoms with Crippen LogP contribution < -0.4 is 10.6 Å². The maximum absolute atomic E-state index is 11.8. The first kappa shape index (κ1) is 20.5. The van der Waals surface area contributed by atoms with Crippen molar-refractivity contribution in [1.29, 1.82) is 0 Å². The Balaban J connectivity index is 2.67. The van der Waals surface area contributed by atoms with Gasteiger partial charge in [0, 0.05) is 19.3 Å². The molecule has 0 amide bonds. The number of aryl methyl sites for hydroxylation is 2. The van der Waals surface area contributed by atoms with Crippen LogP contribution in [0.4, 0.5) is 0 Å². The molecule has 0 bridgehead atoms. The fourth-order valence-electron chi connectivity index (χ4n) is 2.27. The fraction of sp³-hybridized carbons (Fsp3) is 0.611. The van der Waals surface area contributed by atoms with E-state index in [-0.39, 0.29) is 6.54 Å². The number of nitrogens with one attached hydrogen (secondary N) is 2. The molecule has 0 atom stereocenters. The molecule has 5 nitrogen and oxygen atoms in total. The summed E-state index contributed by atoms with van der Waals surface area (Å²) in [4.78, 5) is 4.43. The van der Waals surface area contributed by atoms with Crippen LogP contribution in [0, 0.1) is 13.8 Å². The van der Waals surface area contributed by atoms with E-state index < -0.39 is 14.6 Å². The molecule has 0 unspecified atom stereocenters. The first-order valence-electron chi connectivity index (χ1n) is 8.34. The van der Waals surface area contributed by atoms with Crippen LogP contribution in [0.2, 0.25) is 0 Å². The summed E-state index contributed by atoms with van der Waals surface area (Å²) >= 11 is 0. The molecular formula is C18H31N3O2S. The van der Waals surface area contributed by atoms with Gasteiger partial charge in [-0.25, -0.2) is 8.42 Å². The third-order valence-corrected chi connectivity index (χ3v) is 6.09. The predicted molar refractivity (Wildman–Crippen MR) is 103 cm³/mol. The molecule has 0 spiro atoms. The van der Waals surface area contributed by atoms with Gasteiger partial charge in [0.25, 0.3) is 0 Å². The molecule has 0 saturated heterocycles. The second-order valence-electron chi connectivity index (χ2n) is 6.90. The van der Waals surface area contributed by atoms with E-state index in [0.29, 0.717) is 5.96 Å². The monoisotopic (exact) mass is 353 g/mol. The summed E-state index contributed by atoms with van der Waals surface area (Å²) in [7, 11) is -3.15. The van der Waals surface area contributed by atoms with Crippen LogP contribution >= 0.6 is 0 Å². The molecule has 136 valence electrons. The van der Waals surface area contributed by atoms with E-state index in [0.717, 1.165) is 19.5 Å². The highest BCUT2D eigenvalue weighted by atomic mass is 32.2. The van der Waals surface area contributed by atoms with E-state index >= 15 is 0 Å². The zero-order valence-electron chi connectivity index (χ0n) is 15.7. The van der Waals surface area contributed by atoms with E-state index in [1.807, 2.05) is 6.92 Å². The highest BCUT2D eigenvalue weighted by Crippen LogP contribution is 2.15. The lowest BCUT2D eigenvalue weighted by molar-refractivity contribution is 0.554. The molecule has 0 aliphatic rings. The van der Waals surface area contributed by atoms with Crippen LogP contribution in [0.3, 0.4) is 0 Å². The van der Waals surface area contributed by atoms with Crippen LogP contribution in [-0.2, 0) is 16.3 Å². The van der Waals surface area contributed by atoms with Gasteiger partial charge < -0.3 is 10.6 Å². The lowest BCUT2D eigenvalue weighted by atomic mass is 10.1. The molecule has 0 radical (unpaired) electrons. The van der Waals surface area contributed by atoms with E-state index in [4.69, 9.17) is 0 Å². The molecule has 1 rings (SSSR count). The lowest BCUT2D eigenvalue weighted by Gasteiger charge is -2.21. The Kier molecular flexibility index (Phi) is 7.27. The van der Waals surface area contributed by atoms with Gasteiger partial charge in [-0.15, -0.1) is 0 Å². The predicted octanol–water partition coefficient (Wildman–Crippen LogP) is 2.22. The van der Waals surface area contributed by atoms with Crippen molar-refractivity contribution >= 4 is 15.8 Å². The summed E-state index contributed by atoms with van der Waals surface area (Å²) in [5.41, 5.74) is 3.81. The van der Waals surface area contributed by atoms with Crippen molar-refractivity contribution in [3.8, 4) is 0 Å². The number of aliphatic imine (C=N–C) groups is 1. The van der Waals surface area contributed by atoms with Crippen molar-refractivity contribution in [1.82, 2.24) is 10.6 Å². The van der Waals surface area contributed by atoms with Gasteiger partial charge in [-0.3, -0.25) is 4.99 Å². The van der Waals surface area contributed by atoms with Gasteiger partial charge in [0.2, 0.25) is 0 Å². The zero-order chi connectivity index (χ0) is 18.4. The van der Waals surface area contributed by atoms with Gasteiger partial charge in [0.15, 0.2) is 15.8 Å². The maximum atomic E-state index is 11.8. The van der Waals surface area contributed by atoms with E-state index in [1.54, 1.807) is 13.8 Å². The molecule has 0 aliphatic heterocycles. The van der Waals surface area contributed by atoms with Crippen molar-refractivity contribution in [2.24, 2.45) is 4.99 Å². The Morgan fingerprint density at radius 1 is 1.12 bits per heavy atom. The maximum Gasteiger partial charge on any atom is 0.191 e. The van der Waals surface area contributed by atoms with E-state index in [1.165, 1.54) is 22.9 Å². The standard InChI is InChI=1S/C18H31N3O2S/c1-7-19-17(21-13-18(4,5)24(6,22)23)20-9-8-16-11-14(2)10-15(3)12-16/h10-12H,7-9,13H2,1-6H3,(H2,19,20,21).